The second kappa shape index (κ2) is 6.58. The van der Waals surface area contributed by atoms with Crippen molar-refractivity contribution in [1.82, 2.24) is 4.90 Å². The van der Waals surface area contributed by atoms with E-state index in [1.54, 1.807) is 0 Å². The van der Waals surface area contributed by atoms with Crippen LogP contribution in [-0.2, 0) is 0 Å². The predicted octanol–water partition coefficient (Wildman–Crippen LogP) is 3.93. The van der Waals surface area contributed by atoms with Gasteiger partial charge in [0, 0.05) is 19.7 Å². The lowest BCUT2D eigenvalue weighted by molar-refractivity contribution is 0.0782. The molecule has 122 valence electrons. The summed E-state index contributed by atoms with van der Waals surface area (Å²) in [6, 6.07) is 0. The molecule has 0 aromatic heterocycles. The van der Waals surface area contributed by atoms with E-state index in [0.717, 1.165) is 23.7 Å². The first kappa shape index (κ1) is 15.8. The molecule has 2 unspecified atom stereocenters. The summed E-state index contributed by atoms with van der Waals surface area (Å²) in [7, 11) is 0. The molecule has 3 aliphatic rings. The molecule has 0 radical (unpaired) electrons. The van der Waals surface area contributed by atoms with Gasteiger partial charge in [0.1, 0.15) is 0 Å². The number of nitrogens with zero attached hydrogens (tertiary/aromatic N) is 1. The number of hydrogen-bond donors (Lipinski definition) is 1. The zero-order chi connectivity index (χ0) is 14.9. The summed E-state index contributed by atoms with van der Waals surface area (Å²) in [6.45, 7) is 9.08. The van der Waals surface area contributed by atoms with Crippen LogP contribution < -0.4 is 0 Å². The predicted molar refractivity (Wildman–Crippen MR) is 88.2 cm³/mol. The largest absolute Gasteiger partial charge is 0.396 e. The lowest BCUT2D eigenvalue weighted by atomic mass is 9.71. The van der Waals surface area contributed by atoms with Crippen LogP contribution in [-0.4, -0.2) is 36.2 Å². The van der Waals surface area contributed by atoms with Crippen molar-refractivity contribution in [3.63, 3.8) is 0 Å². The normalized spacial score (nSPS) is 41.0. The van der Waals surface area contributed by atoms with Gasteiger partial charge in [-0.15, -0.1) is 0 Å². The molecule has 0 amide bonds. The Morgan fingerprint density at radius 1 is 1.05 bits per heavy atom. The maximum Gasteiger partial charge on any atom is 0.0484 e. The van der Waals surface area contributed by atoms with Crippen LogP contribution in [0.2, 0.25) is 0 Å². The van der Waals surface area contributed by atoms with E-state index in [1.807, 2.05) is 0 Å². The van der Waals surface area contributed by atoms with Gasteiger partial charge in [0.2, 0.25) is 0 Å². The Balaban J connectivity index is 1.24. The van der Waals surface area contributed by atoms with E-state index in [9.17, 15) is 5.11 Å². The van der Waals surface area contributed by atoms with E-state index in [1.165, 1.54) is 71.0 Å². The minimum absolute atomic E-state index is 0.243. The molecule has 1 heterocycles. The van der Waals surface area contributed by atoms with Gasteiger partial charge in [0.05, 0.1) is 0 Å². The summed E-state index contributed by atoms with van der Waals surface area (Å²) >= 11 is 0. The molecule has 0 aromatic carbocycles. The highest BCUT2D eigenvalue weighted by molar-refractivity contribution is 4.89. The number of hydrogen-bond acceptors (Lipinski definition) is 2. The fourth-order valence-corrected chi connectivity index (χ4v) is 4.65. The first-order valence-corrected chi connectivity index (χ1v) is 9.41. The first-order valence-electron chi connectivity index (χ1n) is 9.41. The van der Waals surface area contributed by atoms with E-state index in [0.29, 0.717) is 6.61 Å². The van der Waals surface area contributed by atoms with Crippen molar-refractivity contribution >= 4 is 0 Å². The quantitative estimate of drug-likeness (QED) is 0.768. The van der Waals surface area contributed by atoms with Crippen molar-refractivity contribution in [3.8, 4) is 0 Å². The van der Waals surface area contributed by atoms with Crippen molar-refractivity contribution in [1.29, 1.82) is 0 Å². The third-order valence-electron chi connectivity index (χ3n) is 6.66. The van der Waals surface area contributed by atoms with Gasteiger partial charge in [-0.2, -0.15) is 0 Å². The van der Waals surface area contributed by atoms with Crippen LogP contribution in [0.15, 0.2) is 0 Å². The zero-order valence-electron chi connectivity index (χ0n) is 14.2. The molecule has 0 bridgehead atoms. The molecule has 1 N–H and O–H groups in total. The Bertz CT molecular complexity index is 328. The second-order valence-electron chi connectivity index (χ2n) is 8.90. The summed E-state index contributed by atoms with van der Waals surface area (Å²) in [5.74, 6) is 4.04. The average Bonchev–Trinajstić information content (AvgIpc) is 3.20. The minimum atomic E-state index is 0.243. The monoisotopic (exact) mass is 293 g/mol. The van der Waals surface area contributed by atoms with E-state index >= 15 is 0 Å². The Morgan fingerprint density at radius 3 is 2.33 bits per heavy atom. The standard InChI is InChI=1S/C19H35NO/c1-15-12-20(13-15)10-7-18-11-17(18)4-3-16-5-8-19(2,14-21)9-6-16/h15-18,21H,3-14H2,1-2H3/t16-,17?,18?,19+. The molecule has 0 aromatic rings. The van der Waals surface area contributed by atoms with E-state index in [2.05, 4.69) is 18.7 Å². The first-order chi connectivity index (χ1) is 10.1. The highest BCUT2D eigenvalue weighted by Crippen LogP contribution is 2.47. The third kappa shape index (κ3) is 4.22. The summed E-state index contributed by atoms with van der Waals surface area (Å²) in [5, 5.41) is 9.44. The molecular formula is C19H35NO. The fraction of sp³-hybridized carbons (Fsp3) is 1.00. The maximum absolute atomic E-state index is 9.44. The second-order valence-corrected chi connectivity index (χ2v) is 8.90. The smallest absolute Gasteiger partial charge is 0.0484 e. The van der Waals surface area contributed by atoms with Gasteiger partial charge in [-0.3, -0.25) is 0 Å². The highest BCUT2D eigenvalue weighted by atomic mass is 16.3. The van der Waals surface area contributed by atoms with Crippen LogP contribution in [0.25, 0.3) is 0 Å². The number of aliphatic hydroxyl groups excluding tert-OH is 1. The molecule has 0 spiro atoms. The van der Waals surface area contributed by atoms with E-state index in [4.69, 9.17) is 0 Å². The van der Waals surface area contributed by atoms with Gasteiger partial charge in [-0.25, -0.2) is 0 Å². The third-order valence-corrected chi connectivity index (χ3v) is 6.66. The molecule has 2 atom stereocenters. The summed E-state index contributed by atoms with van der Waals surface area (Å²) < 4.78 is 0. The van der Waals surface area contributed by atoms with E-state index < -0.39 is 0 Å². The Morgan fingerprint density at radius 2 is 1.71 bits per heavy atom. The molecule has 3 fully saturated rings. The molecular weight excluding hydrogens is 258 g/mol. The van der Waals surface area contributed by atoms with Crippen molar-refractivity contribution in [2.24, 2.45) is 29.1 Å². The van der Waals surface area contributed by atoms with Crippen LogP contribution in [0.3, 0.4) is 0 Å². The molecule has 3 rings (SSSR count). The number of rotatable bonds is 7. The van der Waals surface area contributed by atoms with Gasteiger partial charge in [0.25, 0.3) is 0 Å². The highest BCUT2D eigenvalue weighted by Gasteiger charge is 2.38. The lowest BCUT2D eigenvalue weighted by Gasteiger charge is -2.37. The topological polar surface area (TPSA) is 23.5 Å². The summed E-state index contributed by atoms with van der Waals surface area (Å²) in [4.78, 5) is 2.64. The molecule has 2 nitrogen and oxygen atoms in total. The maximum atomic E-state index is 9.44. The summed E-state index contributed by atoms with van der Waals surface area (Å²) in [6.07, 6.45) is 11.1. The fourth-order valence-electron chi connectivity index (χ4n) is 4.65. The average molecular weight is 293 g/mol. The SMILES string of the molecule is CC1CN(CCC2CC2CC[C@H]2CC[C@@](C)(CO)CC2)C1. The zero-order valence-corrected chi connectivity index (χ0v) is 14.2. The molecule has 1 aliphatic heterocycles. The van der Waals surface area contributed by atoms with Crippen LogP contribution >= 0.6 is 0 Å². The van der Waals surface area contributed by atoms with Gasteiger partial charge in [0.15, 0.2) is 0 Å². The van der Waals surface area contributed by atoms with Gasteiger partial charge >= 0.3 is 0 Å². The molecule has 2 aliphatic carbocycles. The van der Waals surface area contributed by atoms with Crippen LogP contribution in [0.4, 0.5) is 0 Å². The van der Waals surface area contributed by atoms with Gasteiger partial charge in [-0.1, -0.05) is 20.3 Å². The molecule has 2 saturated carbocycles. The van der Waals surface area contributed by atoms with Crippen molar-refractivity contribution in [2.45, 2.75) is 65.2 Å². The Labute approximate surface area is 131 Å². The van der Waals surface area contributed by atoms with Crippen molar-refractivity contribution in [3.05, 3.63) is 0 Å². The molecule has 2 heteroatoms. The number of aliphatic hydroxyl groups is 1. The lowest BCUT2D eigenvalue weighted by Crippen LogP contribution is -2.45. The van der Waals surface area contributed by atoms with Crippen LogP contribution in [0.1, 0.15) is 65.2 Å². The molecule has 21 heavy (non-hydrogen) atoms. The Hall–Kier alpha value is -0.0800. The van der Waals surface area contributed by atoms with Crippen LogP contribution in [0, 0.1) is 29.1 Å². The van der Waals surface area contributed by atoms with E-state index in [-0.39, 0.29) is 5.41 Å². The van der Waals surface area contributed by atoms with Crippen molar-refractivity contribution < 1.29 is 5.11 Å². The van der Waals surface area contributed by atoms with Crippen molar-refractivity contribution in [2.75, 3.05) is 26.2 Å². The van der Waals surface area contributed by atoms with Crippen LogP contribution in [0.5, 0.6) is 0 Å². The molecule has 1 saturated heterocycles. The van der Waals surface area contributed by atoms with Gasteiger partial charge < -0.3 is 10.0 Å². The summed E-state index contributed by atoms with van der Waals surface area (Å²) in [5.41, 5.74) is 0.243. The number of likely N-dealkylation sites (tertiary alicyclic amines) is 1. The Kier molecular flexibility index (Phi) is 4.95. The van der Waals surface area contributed by atoms with Gasteiger partial charge in [-0.05, 0) is 80.6 Å². The minimum Gasteiger partial charge on any atom is -0.396 e.